The topological polar surface area (TPSA) is 99.9 Å². The van der Waals surface area contributed by atoms with Crippen molar-refractivity contribution in [3.05, 3.63) is 22.4 Å². The third-order valence-corrected chi connectivity index (χ3v) is 3.77. The second-order valence-corrected chi connectivity index (χ2v) is 4.75. The molecular weight excluding hydrogens is 242 g/mol. The number of nitriles is 2. The van der Waals surface area contributed by atoms with E-state index in [0.717, 1.165) is 30.4 Å². The van der Waals surface area contributed by atoms with Gasteiger partial charge in [0.05, 0.1) is 23.9 Å². The second-order valence-electron chi connectivity index (χ2n) is 4.75. The van der Waals surface area contributed by atoms with E-state index in [0.29, 0.717) is 5.57 Å². The Labute approximate surface area is 111 Å². The van der Waals surface area contributed by atoms with Gasteiger partial charge in [-0.15, -0.1) is 0 Å². The molecule has 0 saturated heterocycles. The van der Waals surface area contributed by atoms with E-state index in [4.69, 9.17) is 10.5 Å². The van der Waals surface area contributed by atoms with Crippen molar-refractivity contribution in [3.63, 3.8) is 0 Å². The molecule has 0 aromatic rings. The number of hydrogen-bond acceptors (Lipinski definition) is 5. The fraction of sp³-hybridized carbons (Fsp3) is 0.500. The Balaban J connectivity index is 2.55. The molecule has 0 radical (unpaired) electrons. The molecule has 0 saturated carbocycles. The lowest BCUT2D eigenvalue weighted by molar-refractivity contribution is -0.150. The van der Waals surface area contributed by atoms with E-state index in [-0.39, 0.29) is 18.7 Å². The Kier molecular flexibility index (Phi) is 3.31. The summed E-state index contributed by atoms with van der Waals surface area (Å²) in [5, 5.41) is 18.7. The van der Waals surface area contributed by atoms with Gasteiger partial charge < -0.3 is 10.5 Å². The normalized spacial score (nSPS) is 25.6. The minimum absolute atomic E-state index is 0.0524. The van der Waals surface area contributed by atoms with Crippen LogP contribution in [0.5, 0.6) is 0 Å². The van der Waals surface area contributed by atoms with Gasteiger partial charge in [0.15, 0.2) is 5.41 Å². The number of nitrogens with zero attached hydrogens (tertiary/aromatic N) is 2. The molecule has 0 bridgehead atoms. The van der Waals surface area contributed by atoms with Crippen molar-refractivity contribution in [2.24, 2.45) is 11.1 Å². The first kappa shape index (κ1) is 13.2. The highest BCUT2D eigenvalue weighted by atomic mass is 16.5. The molecule has 0 aromatic heterocycles. The van der Waals surface area contributed by atoms with E-state index in [1.807, 2.05) is 12.1 Å². The molecule has 2 rings (SSSR count). The summed E-state index contributed by atoms with van der Waals surface area (Å²) in [6, 6.07) is 4.04. The molecule has 0 fully saturated rings. The molecule has 1 atom stereocenters. The molecule has 0 unspecified atom stereocenters. The Morgan fingerprint density at radius 3 is 2.79 bits per heavy atom. The third kappa shape index (κ3) is 1.79. The van der Waals surface area contributed by atoms with Gasteiger partial charge in [-0.1, -0.05) is 5.57 Å². The number of esters is 1. The van der Waals surface area contributed by atoms with Gasteiger partial charge in [-0.05, 0) is 31.8 Å². The summed E-state index contributed by atoms with van der Waals surface area (Å²) >= 11 is 0. The number of hydrogen-bond donors (Lipinski definition) is 1. The molecule has 2 aliphatic rings. The van der Waals surface area contributed by atoms with E-state index in [1.165, 1.54) is 0 Å². The van der Waals surface area contributed by atoms with Gasteiger partial charge in [0, 0.05) is 6.42 Å². The average Bonchev–Trinajstić information content (AvgIpc) is 2.85. The van der Waals surface area contributed by atoms with Crippen LogP contribution >= 0.6 is 0 Å². The molecule has 19 heavy (non-hydrogen) atoms. The fourth-order valence-electron chi connectivity index (χ4n) is 2.80. The molecule has 0 aromatic carbocycles. The quantitative estimate of drug-likeness (QED) is 0.758. The Morgan fingerprint density at radius 1 is 1.47 bits per heavy atom. The lowest BCUT2D eigenvalue weighted by Gasteiger charge is -2.30. The second kappa shape index (κ2) is 4.78. The number of carbonyl (C=O) groups is 1. The maximum absolute atomic E-state index is 12.1. The molecule has 5 heteroatoms. The Hall–Kier alpha value is -2.27. The van der Waals surface area contributed by atoms with Crippen LogP contribution in [0.1, 0.15) is 32.6 Å². The average molecular weight is 257 g/mol. The molecule has 0 spiro atoms. The van der Waals surface area contributed by atoms with Gasteiger partial charge in [0.1, 0.15) is 6.07 Å². The molecule has 98 valence electrons. The highest BCUT2D eigenvalue weighted by Crippen LogP contribution is 2.47. The van der Waals surface area contributed by atoms with Crippen molar-refractivity contribution >= 4 is 5.97 Å². The fourth-order valence-corrected chi connectivity index (χ4v) is 2.80. The van der Waals surface area contributed by atoms with Crippen LogP contribution in [0.25, 0.3) is 0 Å². The largest absolute Gasteiger partial charge is 0.464 e. The summed E-state index contributed by atoms with van der Waals surface area (Å²) in [7, 11) is 0. The van der Waals surface area contributed by atoms with Crippen molar-refractivity contribution in [3.8, 4) is 12.1 Å². The van der Waals surface area contributed by atoms with Crippen molar-refractivity contribution in [1.29, 1.82) is 10.5 Å². The molecule has 5 nitrogen and oxygen atoms in total. The predicted octanol–water partition coefficient (Wildman–Crippen LogP) is 1.68. The van der Waals surface area contributed by atoms with Crippen molar-refractivity contribution in [2.75, 3.05) is 6.61 Å². The van der Waals surface area contributed by atoms with Crippen LogP contribution in [-0.2, 0) is 9.53 Å². The van der Waals surface area contributed by atoms with Crippen LogP contribution in [-0.4, -0.2) is 12.6 Å². The van der Waals surface area contributed by atoms with Gasteiger partial charge >= 0.3 is 5.97 Å². The number of rotatable bonds is 2. The summed E-state index contributed by atoms with van der Waals surface area (Å²) in [6.45, 7) is 1.86. The summed E-state index contributed by atoms with van der Waals surface area (Å²) in [6.07, 6.45) is 2.81. The molecule has 2 aliphatic carbocycles. The van der Waals surface area contributed by atoms with E-state index >= 15 is 0 Å². The van der Waals surface area contributed by atoms with Crippen molar-refractivity contribution in [1.82, 2.24) is 0 Å². The van der Waals surface area contributed by atoms with E-state index in [2.05, 4.69) is 0 Å². The van der Waals surface area contributed by atoms with Crippen molar-refractivity contribution < 1.29 is 9.53 Å². The number of allylic oxidation sites excluding steroid dienone is 3. The number of nitrogens with two attached hydrogens (primary N) is 1. The summed E-state index contributed by atoms with van der Waals surface area (Å²) in [5.41, 5.74) is 6.72. The lowest BCUT2D eigenvalue weighted by atomic mass is 9.72. The van der Waals surface area contributed by atoms with Crippen LogP contribution in [0.2, 0.25) is 0 Å². The molecule has 0 heterocycles. The van der Waals surface area contributed by atoms with Gasteiger partial charge in [0.2, 0.25) is 0 Å². The van der Waals surface area contributed by atoms with Crippen LogP contribution in [0.3, 0.4) is 0 Å². The molecule has 0 amide bonds. The minimum Gasteiger partial charge on any atom is -0.464 e. The van der Waals surface area contributed by atoms with Gasteiger partial charge in [-0.2, -0.15) is 10.5 Å². The molecular formula is C14H15N3O2. The van der Waals surface area contributed by atoms with E-state index < -0.39 is 11.4 Å². The van der Waals surface area contributed by atoms with Crippen LogP contribution in [0.4, 0.5) is 0 Å². The van der Waals surface area contributed by atoms with Crippen molar-refractivity contribution in [2.45, 2.75) is 32.6 Å². The number of ether oxygens (including phenoxy) is 1. The Morgan fingerprint density at radius 2 is 2.21 bits per heavy atom. The monoisotopic (exact) mass is 257 g/mol. The van der Waals surface area contributed by atoms with Gasteiger partial charge in [-0.3, -0.25) is 0 Å². The van der Waals surface area contributed by atoms with Gasteiger partial charge in [-0.25, -0.2) is 4.79 Å². The zero-order valence-electron chi connectivity index (χ0n) is 10.8. The summed E-state index contributed by atoms with van der Waals surface area (Å²) in [5.74, 6) is -0.652. The number of carbonyl (C=O) groups excluding carboxylic acids is 1. The lowest BCUT2D eigenvalue weighted by Crippen LogP contribution is -2.40. The zero-order valence-corrected chi connectivity index (χ0v) is 10.8. The SMILES string of the molecule is CCOC(=O)[C@@]1(C#N)CC2=C(CCC2)C(C#N)=C1N. The maximum Gasteiger partial charge on any atom is 0.332 e. The third-order valence-electron chi connectivity index (χ3n) is 3.77. The van der Waals surface area contributed by atoms with E-state index in [9.17, 15) is 15.3 Å². The first-order valence-electron chi connectivity index (χ1n) is 6.30. The van der Waals surface area contributed by atoms with E-state index in [1.54, 1.807) is 6.92 Å². The van der Waals surface area contributed by atoms with Gasteiger partial charge in [0.25, 0.3) is 0 Å². The van der Waals surface area contributed by atoms with Crippen LogP contribution < -0.4 is 5.73 Å². The highest BCUT2D eigenvalue weighted by Gasteiger charge is 2.49. The summed E-state index contributed by atoms with van der Waals surface area (Å²) in [4.78, 5) is 12.1. The Bertz CT molecular complexity index is 574. The zero-order chi connectivity index (χ0) is 14.0. The molecule has 2 N–H and O–H groups in total. The smallest absolute Gasteiger partial charge is 0.332 e. The predicted molar refractivity (Wildman–Crippen MR) is 67.0 cm³/mol. The minimum atomic E-state index is -1.52. The standard InChI is InChI=1S/C14H15N3O2/c1-2-19-13(18)14(8-16)6-9-4-3-5-10(9)11(7-15)12(14)17/h2-6,17H2,1H3/t14-/m1/s1. The van der Waals surface area contributed by atoms with Crippen LogP contribution in [0.15, 0.2) is 22.4 Å². The van der Waals surface area contributed by atoms with Crippen LogP contribution in [0, 0.1) is 28.1 Å². The summed E-state index contributed by atoms with van der Waals surface area (Å²) < 4.78 is 4.98. The maximum atomic E-state index is 12.1. The highest BCUT2D eigenvalue weighted by molar-refractivity contribution is 5.86. The first-order valence-corrected chi connectivity index (χ1v) is 6.30. The molecule has 0 aliphatic heterocycles. The first-order chi connectivity index (χ1) is 9.10.